The minimum Gasteiger partial charge on any atom is -0.325 e. The van der Waals surface area contributed by atoms with Crippen LogP contribution in [0.25, 0.3) is 10.8 Å². The number of carbonyl (C=O) groups excluding carboxylic acids is 1. The fraction of sp³-hybridized carbons (Fsp3) is 0.235. The molecular weight excluding hydrogens is 234 g/mol. The molecule has 1 amide bonds. The van der Waals surface area contributed by atoms with E-state index in [4.69, 9.17) is 0 Å². The van der Waals surface area contributed by atoms with E-state index in [2.05, 4.69) is 29.6 Å². The molecule has 1 atom stereocenters. The second kappa shape index (κ2) is 5.27. The molecule has 96 valence electrons. The van der Waals surface area contributed by atoms with Crippen LogP contribution < -0.4 is 5.32 Å². The van der Waals surface area contributed by atoms with Crippen molar-refractivity contribution in [3.63, 3.8) is 0 Å². The van der Waals surface area contributed by atoms with Crippen molar-refractivity contribution in [2.45, 2.75) is 19.3 Å². The summed E-state index contributed by atoms with van der Waals surface area (Å²) in [6.07, 6.45) is 7.08. The van der Waals surface area contributed by atoms with Gasteiger partial charge in [-0.05, 0) is 30.7 Å². The number of nitrogens with one attached hydrogen (secondary N) is 1. The van der Waals surface area contributed by atoms with Crippen molar-refractivity contribution in [2.75, 3.05) is 5.32 Å². The first-order chi connectivity index (χ1) is 9.34. The Morgan fingerprint density at radius 2 is 1.89 bits per heavy atom. The van der Waals surface area contributed by atoms with Gasteiger partial charge in [0.2, 0.25) is 5.91 Å². The lowest BCUT2D eigenvalue weighted by atomic mass is 9.93. The fourth-order valence-electron chi connectivity index (χ4n) is 2.60. The van der Waals surface area contributed by atoms with Gasteiger partial charge in [0, 0.05) is 17.0 Å². The van der Waals surface area contributed by atoms with Crippen molar-refractivity contribution < 1.29 is 4.79 Å². The monoisotopic (exact) mass is 251 g/mol. The van der Waals surface area contributed by atoms with Crippen LogP contribution >= 0.6 is 0 Å². The largest absolute Gasteiger partial charge is 0.325 e. The highest BCUT2D eigenvalue weighted by Crippen LogP contribution is 2.25. The van der Waals surface area contributed by atoms with Crippen molar-refractivity contribution in [3.8, 4) is 0 Å². The molecule has 0 saturated carbocycles. The maximum absolute atomic E-state index is 12.3. The quantitative estimate of drug-likeness (QED) is 0.799. The second-order valence-electron chi connectivity index (χ2n) is 5.00. The van der Waals surface area contributed by atoms with Crippen molar-refractivity contribution >= 4 is 22.4 Å². The van der Waals surface area contributed by atoms with Gasteiger partial charge in [-0.2, -0.15) is 0 Å². The fourth-order valence-corrected chi connectivity index (χ4v) is 2.60. The number of allylic oxidation sites excluding steroid dienone is 2. The third kappa shape index (κ3) is 2.53. The van der Waals surface area contributed by atoms with E-state index in [-0.39, 0.29) is 11.8 Å². The van der Waals surface area contributed by atoms with E-state index in [1.807, 2.05) is 30.3 Å². The van der Waals surface area contributed by atoms with E-state index in [0.717, 1.165) is 35.7 Å². The van der Waals surface area contributed by atoms with Crippen LogP contribution in [0, 0.1) is 5.92 Å². The maximum atomic E-state index is 12.3. The maximum Gasteiger partial charge on any atom is 0.227 e. The molecule has 1 aliphatic carbocycles. The van der Waals surface area contributed by atoms with Crippen LogP contribution in [0.4, 0.5) is 5.69 Å². The van der Waals surface area contributed by atoms with Crippen molar-refractivity contribution in [3.05, 3.63) is 54.6 Å². The van der Waals surface area contributed by atoms with Gasteiger partial charge in [-0.3, -0.25) is 4.79 Å². The number of benzene rings is 2. The molecule has 0 aromatic heterocycles. The van der Waals surface area contributed by atoms with Gasteiger partial charge in [0.25, 0.3) is 0 Å². The summed E-state index contributed by atoms with van der Waals surface area (Å²) < 4.78 is 0. The van der Waals surface area contributed by atoms with Gasteiger partial charge in [-0.25, -0.2) is 0 Å². The molecule has 2 aromatic rings. The molecule has 2 heteroatoms. The Bertz CT molecular complexity index is 625. The predicted octanol–water partition coefficient (Wildman–Crippen LogP) is 4.13. The van der Waals surface area contributed by atoms with Gasteiger partial charge < -0.3 is 5.32 Å². The van der Waals surface area contributed by atoms with Crippen LogP contribution in [0.2, 0.25) is 0 Å². The molecule has 0 heterocycles. The van der Waals surface area contributed by atoms with Gasteiger partial charge in [-0.15, -0.1) is 0 Å². The summed E-state index contributed by atoms with van der Waals surface area (Å²) in [4.78, 5) is 12.3. The van der Waals surface area contributed by atoms with E-state index >= 15 is 0 Å². The van der Waals surface area contributed by atoms with Gasteiger partial charge >= 0.3 is 0 Å². The zero-order valence-corrected chi connectivity index (χ0v) is 10.8. The molecule has 0 bridgehead atoms. The minimum atomic E-state index is 0.115. The summed E-state index contributed by atoms with van der Waals surface area (Å²) >= 11 is 0. The minimum absolute atomic E-state index is 0.115. The number of anilines is 1. The molecule has 1 aliphatic rings. The third-order valence-electron chi connectivity index (χ3n) is 3.69. The zero-order valence-electron chi connectivity index (χ0n) is 10.8. The molecule has 0 spiro atoms. The van der Waals surface area contributed by atoms with Crippen LogP contribution in [0.15, 0.2) is 54.6 Å². The van der Waals surface area contributed by atoms with E-state index in [0.29, 0.717) is 0 Å². The Morgan fingerprint density at radius 3 is 2.74 bits per heavy atom. The lowest BCUT2D eigenvalue weighted by molar-refractivity contribution is -0.120. The Morgan fingerprint density at radius 1 is 1.05 bits per heavy atom. The van der Waals surface area contributed by atoms with Crippen LogP contribution in [0.5, 0.6) is 0 Å². The molecule has 1 N–H and O–H groups in total. The molecule has 0 saturated heterocycles. The molecular formula is C17H17NO. The summed E-state index contributed by atoms with van der Waals surface area (Å²) in [6, 6.07) is 14.1. The standard InChI is InChI=1S/C17H17NO/c19-17(14-8-2-1-3-9-14)18-16-12-6-10-13-7-4-5-11-15(13)16/h1-2,4-7,10-12,14H,3,8-9H2,(H,18,19). The Hall–Kier alpha value is -2.09. The molecule has 2 nitrogen and oxygen atoms in total. The lowest BCUT2D eigenvalue weighted by Crippen LogP contribution is -2.23. The Balaban J connectivity index is 1.85. The summed E-state index contributed by atoms with van der Waals surface area (Å²) in [5.74, 6) is 0.254. The molecule has 0 aliphatic heterocycles. The number of amides is 1. The highest BCUT2D eigenvalue weighted by molar-refractivity contribution is 6.02. The van der Waals surface area contributed by atoms with Gasteiger partial charge in [-0.1, -0.05) is 48.6 Å². The summed E-state index contributed by atoms with van der Waals surface area (Å²) in [5.41, 5.74) is 0.914. The van der Waals surface area contributed by atoms with Crippen LogP contribution in [0.3, 0.4) is 0 Å². The molecule has 1 unspecified atom stereocenters. The van der Waals surface area contributed by atoms with Gasteiger partial charge in [0.1, 0.15) is 0 Å². The van der Waals surface area contributed by atoms with E-state index in [1.165, 1.54) is 0 Å². The first-order valence-electron chi connectivity index (χ1n) is 6.78. The molecule has 19 heavy (non-hydrogen) atoms. The van der Waals surface area contributed by atoms with Crippen LogP contribution in [0.1, 0.15) is 19.3 Å². The first kappa shape index (κ1) is 12.0. The second-order valence-corrected chi connectivity index (χ2v) is 5.00. The Labute approximate surface area is 113 Å². The molecule has 0 fully saturated rings. The van der Waals surface area contributed by atoms with E-state index in [1.54, 1.807) is 0 Å². The van der Waals surface area contributed by atoms with Gasteiger partial charge in [0.15, 0.2) is 0 Å². The van der Waals surface area contributed by atoms with Crippen LogP contribution in [-0.4, -0.2) is 5.91 Å². The number of rotatable bonds is 2. The third-order valence-corrected chi connectivity index (χ3v) is 3.69. The predicted molar refractivity (Wildman–Crippen MR) is 79.1 cm³/mol. The molecule has 2 aromatic carbocycles. The van der Waals surface area contributed by atoms with Crippen molar-refractivity contribution in [1.29, 1.82) is 0 Å². The Kier molecular flexibility index (Phi) is 3.32. The number of hydrogen-bond donors (Lipinski definition) is 1. The van der Waals surface area contributed by atoms with Crippen molar-refractivity contribution in [2.24, 2.45) is 5.92 Å². The molecule has 0 radical (unpaired) electrons. The topological polar surface area (TPSA) is 29.1 Å². The average molecular weight is 251 g/mol. The highest BCUT2D eigenvalue weighted by atomic mass is 16.1. The SMILES string of the molecule is O=C(Nc1cccc2ccccc12)C1CC=CCC1. The molecule has 3 rings (SSSR count). The lowest BCUT2D eigenvalue weighted by Gasteiger charge is -2.18. The average Bonchev–Trinajstić information content (AvgIpc) is 2.48. The van der Waals surface area contributed by atoms with Crippen molar-refractivity contribution in [1.82, 2.24) is 0 Å². The summed E-state index contributed by atoms with van der Waals surface area (Å²) in [5, 5.41) is 5.34. The summed E-state index contributed by atoms with van der Waals surface area (Å²) in [7, 11) is 0. The van der Waals surface area contributed by atoms with E-state index < -0.39 is 0 Å². The van der Waals surface area contributed by atoms with Crippen LogP contribution in [-0.2, 0) is 4.79 Å². The normalized spacial score (nSPS) is 18.4. The van der Waals surface area contributed by atoms with E-state index in [9.17, 15) is 4.79 Å². The number of hydrogen-bond acceptors (Lipinski definition) is 1. The summed E-state index contributed by atoms with van der Waals surface area (Å²) in [6.45, 7) is 0. The smallest absolute Gasteiger partial charge is 0.227 e. The number of fused-ring (bicyclic) bond motifs is 1. The highest BCUT2D eigenvalue weighted by Gasteiger charge is 2.19. The zero-order chi connectivity index (χ0) is 13.1. The number of carbonyl (C=O) groups is 1. The van der Waals surface area contributed by atoms with Gasteiger partial charge in [0.05, 0.1) is 0 Å². The first-order valence-corrected chi connectivity index (χ1v) is 6.78.